The second-order valence-corrected chi connectivity index (χ2v) is 8.58. The zero-order chi connectivity index (χ0) is 23.8. The van der Waals surface area contributed by atoms with Crippen molar-refractivity contribution in [3.8, 4) is 11.4 Å². The molecule has 1 heterocycles. The second kappa shape index (κ2) is 9.15. The van der Waals surface area contributed by atoms with Gasteiger partial charge in [0.2, 0.25) is 0 Å². The Balaban J connectivity index is 1.48. The van der Waals surface area contributed by atoms with Gasteiger partial charge in [0.25, 0.3) is 0 Å². The monoisotopic (exact) mass is 478 g/mol. The molecule has 0 bridgehead atoms. The highest BCUT2D eigenvalue weighted by atomic mass is 35.5. The third-order valence-corrected chi connectivity index (χ3v) is 5.86. The molecule has 2 aromatic carbocycles. The SMILES string of the molecule is NC(CCC(=O)Cn1nc(-c2ccc(Cl)cc2)n(C2CC2)c1=O)c1ccccc1C(F)(F)F. The van der Waals surface area contributed by atoms with Crippen LogP contribution in [0.1, 0.15) is 48.9 Å². The Hall–Kier alpha value is -2.91. The molecule has 174 valence electrons. The van der Waals surface area contributed by atoms with E-state index in [0.29, 0.717) is 16.4 Å². The van der Waals surface area contributed by atoms with E-state index in [4.69, 9.17) is 17.3 Å². The summed E-state index contributed by atoms with van der Waals surface area (Å²) in [4.78, 5) is 25.5. The average molecular weight is 479 g/mol. The molecule has 2 N–H and O–H groups in total. The lowest BCUT2D eigenvalue weighted by Crippen LogP contribution is -2.28. The van der Waals surface area contributed by atoms with Crippen molar-refractivity contribution in [3.05, 3.63) is 75.2 Å². The van der Waals surface area contributed by atoms with Crippen molar-refractivity contribution in [1.29, 1.82) is 0 Å². The Bertz CT molecular complexity index is 1210. The van der Waals surface area contributed by atoms with Crippen molar-refractivity contribution in [2.24, 2.45) is 5.73 Å². The normalized spacial score (nSPS) is 14.9. The number of carbonyl (C=O) groups is 1. The first kappa shape index (κ1) is 23.3. The van der Waals surface area contributed by atoms with E-state index in [2.05, 4.69) is 5.10 Å². The summed E-state index contributed by atoms with van der Waals surface area (Å²) in [5, 5.41) is 4.92. The number of alkyl halides is 3. The van der Waals surface area contributed by atoms with Crippen molar-refractivity contribution >= 4 is 17.4 Å². The van der Waals surface area contributed by atoms with Gasteiger partial charge in [0.15, 0.2) is 11.6 Å². The molecule has 6 nitrogen and oxygen atoms in total. The largest absolute Gasteiger partial charge is 0.416 e. The Morgan fingerprint density at radius 2 is 1.82 bits per heavy atom. The minimum absolute atomic E-state index is 0.0219. The van der Waals surface area contributed by atoms with Crippen molar-refractivity contribution < 1.29 is 18.0 Å². The molecule has 1 aliphatic carbocycles. The maximum Gasteiger partial charge on any atom is 0.416 e. The van der Waals surface area contributed by atoms with Crippen molar-refractivity contribution in [1.82, 2.24) is 14.3 Å². The molecule has 33 heavy (non-hydrogen) atoms. The van der Waals surface area contributed by atoms with Crippen LogP contribution in [0.15, 0.2) is 53.3 Å². The van der Waals surface area contributed by atoms with E-state index in [-0.39, 0.29) is 42.5 Å². The van der Waals surface area contributed by atoms with Crippen LogP contribution in [0.2, 0.25) is 5.02 Å². The Kier molecular flexibility index (Phi) is 6.45. The van der Waals surface area contributed by atoms with E-state index in [1.54, 1.807) is 28.8 Å². The van der Waals surface area contributed by atoms with Crippen LogP contribution in [-0.2, 0) is 17.5 Å². The van der Waals surface area contributed by atoms with Gasteiger partial charge in [-0.2, -0.15) is 13.2 Å². The van der Waals surface area contributed by atoms with Gasteiger partial charge in [-0.05, 0) is 55.2 Å². The number of Topliss-reactive ketones (excluding diaryl/α,β-unsaturated/α-hetero) is 1. The lowest BCUT2D eigenvalue weighted by molar-refractivity contribution is -0.138. The Morgan fingerprint density at radius 3 is 2.45 bits per heavy atom. The average Bonchev–Trinajstić information content (AvgIpc) is 3.56. The molecule has 1 aromatic heterocycles. The highest BCUT2D eigenvalue weighted by Gasteiger charge is 2.34. The summed E-state index contributed by atoms with van der Waals surface area (Å²) < 4.78 is 42.4. The fraction of sp³-hybridized carbons (Fsp3) is 0.348. The van der Waals surface area contributed by atoms with Crippen LogP contribution in [0.4, 0.5) is 13.2 Å². The molecule has 1 saturated carbocycles. The molecule has 3 aromatic rings. The number of halogens is 4. The number of ketones is 1. The summed E-state index contributed by atoms with van der Waals surface area (Å²) in [6, 6.07) is 11.1. The molecule has 4 rings (SSSR count). The molecule has 1 unspecified atom stereocenters. The lowest BCUT2D eigenvalue weighted by atomic mass is 9.96. The van der Waals surface area contributed by atoms with Crippen LogP contribution in [0.3, 0.4) is 0 Å². The standard InChI is InChI=1S/C23H22ClF3N4O2/c24-15-7-5-14(6-8-15)21-29-30(22(33)31(21)16-9-10-16)13-17(32)11-12-20(28)18-3-1-2-4-19(18)23(25,26)27/h1-8,16,20H,9-13,28H2. The summed E-state index contributed by atoms with van der Waals surface area (Å²) >= 11 is 5.95. The van der Waals surface area contributed by atoms with Crippen LogP contribution in [-0.4, -0.2) is 20.1 Å². The number of rotatable bonds is 8. The van der Waals surface area contributed by atoms with E-state index in [0.717, 1.165) is 23.6 Å². The maximum absolute atomic E-state index is 13.2. The molecule has 10 heteroatoms. The van der Waals surface area contributed by atoms with Gasteiger partial charge in [0.1, 0.15) is 6.54 Å². The summed E-state index contributed by atoms with van der Waals surface area (Å²) in [6.07, 6.45) is -2.87. The Labute approximate surface area is 192 Å². The molecule has 1 aliphatic rings. The Morgan fingerprint density at radius 1 is 1.15 bits per heavy atom. The zero-order valence-corrected chi connectivity index (χ0v) is 18.3. The summed E-state index contributed by atoms with van der Waals surface area (Å²) in [5.74, 6) is 0.128. The molecular weight excluding hydrogens is 457 g/mol. The van der Waals surface area contributed by atoms with Gasteiger partial charge in [0.05, 0.1) is 5.56 Å². The smallest absolute Gasteiger partial charge is 0.324 e. The van der Waals surface area contributed by atoms with Crippen LogP contribution >= 0.6 is 11.6 Å². The predicted molar refractivity (Wildman–Crippen MR) is 118 cm³/mol. The first-order chi connectivity index (χ1) is 15.6. The number of nitrogens with zero attached hydrogens (tertiary/aromatic N) is 3. The number of benzene rings is 2. The predicted octanol–water partition coefficient (Wildman–Crippen LogP) is 4.77. The van der Waals surface area contributed by atoms with Gasteiger partial charge in [-0.15, -0.1) is 5.10 Å². The number of aromatic nitrogens is 3. The van der Waals surface area contributed by atoms with Crippen LogP contribution in [0, 0.1) is 0 Å². The number of nitrogens with two attached hydrogens (primary N) is 1. The molecule has 0 aliphatic heterocycles. The zero-order valence-electron chi connectivity index (χ0n) is 17.6. The minimum atomic E-state index is -4.53. The summed E-state index contributed by atoms with van der Waals surface area (Å²) in [6.45, 7) is -0.271. The molecule has 0 radical (unpaired) electrons. The van der Waals surface area contributed by atoms with Crippen molar-refractivity contribution in [2.45, 2.75) is 50.5 Å². The number of hydrogen-bond donors (Lipinski definition) is 1. The van der Waals surface area contributed by atoms with Crippen LogP contribution in [0.5, 0.6) is 0 Å². The van der Waals surface area contributed by atoms with E-state index in [9.17, 15) is 22.8 Å². The summed E-state index contributed by atoms with van der Waals surface area (Å²) in [7, 11) is 0. The quantitative estimate of drug-likeness (QED) is 0.505. The topological polar surface area (TPSA) is 82.9 Å². The molecule has 0 spiro atoms. The molecule has 1 fully saturated rings. The van der Waals surface area contributed by atoms with Crippen molar-refractivity contribution in [2.75, 3.05) is 0 Å². The third kappa shape index (κ3) is 5.20. The minimum Gasteiger partial charge on any atom is -0.324 e. The highest BCUT2D eigenvalue weighted by molar-refractivity contribution is 6.30. The fourth-order valence-electron chi connectivity index (χ4n) is 3.78. The second-order valence-electron chi connectivity index (χ2n) is 8.14. The van der Waals surface area contributed by atoms with Gasteiger partial charge < -0.3 is 5.73 Å². The van der Waals surface area contributed by atoms with E-state index < -0.39 is 17.8 Å². The molecule has 0 saturated heterocycles. The third-order valence-electron chi connectivity index (χ3n) is 5.61. The molecule has 0 amide bonds. The van der Waals surface area contributed by atoms with Gasteiger partial charge in [-0.1, -0.05) is 29.8 Å². The number of carbonyl (C=O) groups excluding carboxylic acids is 1. The fourth-order valence-corrected chi connectivity index (χ4v) is 3.90. The van der Waals surface area contributed by atoms with E-state index in [1.807, 2.05) is 0 Å². The first-order valence-electron chi connectivity index (χ1n) is 10.5. The van der Waals surface area contributed by atoms with Gasteiger partial charge in [-0.25, -0.2) is 9.48 Å². The molecule has 1 atom stereocenters. The summed E-state index contributed by atoms with van der Waals surface area (Å²) in [5.41, 5.74) is 5.43. The van der Waals surface area contributed by atoms with Crippen LogP contribution < -0.4 is 11.4 Å². The molecular formula is C23H22ClF3N4O2. The maximum atomic E-state index is 13.2. The van der Waals surface area contributed by atoms with Gasteiger partial charge in [0, 0.05) is 29.1 Å². The number of hydrogen-bond acceptors (Lipinski definition) is 4. The highest BCUT2D eigenvalue weighted by Crippen LogP contribution is 2.37. The lowest BCUT2D eigenvalue weighted by Gasteiger charge is -2.18. The van der Waals surface area contributed by atoms with E-state index >= 15 is 0 Å². The van der Waals surface area contributed by atoms with Gasteiger partial charge in [-0.3, -0.25) is 9.36 Å². The first-order valence-corrected chi connectivity index (χ1v) is 10.9. The van der Waals surface area contributed by atoms with Gasteiger partial charge >= 0.3 is 11.9 Å². The van der Waals surface area contributed by atoms with E-state index in [1.165, 1.54) is 18.2 Å². The van der Waals surface area contributed by atoms with Crippen LogP contribution in [0.25, 0.3) is 11.4 Å². The van der Waals surface area contributed by atoms with Crippen molar-refractivity contribution in [3.63, 3.8) is 0 Å².